The lowest BCUT2D eigenvalue weighted by Gasteiger charge is -2.22. The maximum atomic E-state index is 15.3. The molecule has 0 spiro atoms. The van der Waals surface area contributed by atoms with Gasteiger partial charge < -0.3 is 20.9 Å². The fraction of sp³-hybridized carbons (Fsp3) is 0.459. The van der Waals surface area contributed by atoms with Gasteiger partial charge in [-0.15, -0.1) is 5.73 Å². The van der Waals surface area contributed by atoms with Gasteiger partial charge in [0, 0.05) is 24.1 Å². The number of nitrogens with one attached hydrogen (secondary N) is 2. The van der Waals surface area contributed by atoms with Gasteiger partial charge in [-0.3, -0.25) is 0 Å². The van der Waals surface area contributed by atoms with Gasteiger partial charge in [-0.1, -0.05) is 37.3 Å². The molecule has 0 radical (unpaired) electrons. The molecule has 3 aromatic rings. The molecule has 0 saturated carbocycles. The van der Waals surface area contributed by atoms with Gasteiger partial charge in [0.05, 0.1) is 17.2 Å². The Hall–Kier alpha value is -4.14. The van der Waals surface area contributed by atoms with E-state index in [1.807, 2.05) is 32.1 Å². The predicted octanol–water partition coefficient (Wildman–Crippen LogP) is 8.12. The van der Waals surface area contributed by atoms with Crippen LogP contribution in [0.1, 0.15) is 82.6 Å². The van der Waals surface area contributed by atoms with Crippen molar-refractivity contribution in [1.29, 1.82) is 0 Å². The fourth-order valence-electron chi connectivity index (χ4n) is 6.52. The molecule has 10 heteroatoms. The highest BCUT2D eigenvalue weighted by molar-refractivity contribution is 5.86. The number of nitrogens with zero attached hydrogens (tertiary/aromatic N) is 4. The lowest BCUT2D eigenvalue weighted by Crippen LogP contribution is -2.26. The summed E-state index contributed by atoms with van der Waals surface area (Å²) in [6.45, 7) is 9.42. The summed E-state index contributed by atoms with van der Waals surface area (Å²) in [7, 11) is 0. The minimum Gasteiger partial charge on any atom is -0.404 e. The number of rotatable bonds is 10. The highest BCUT2D eigenvalue weighted by atomic mass is 19.3. The number of aromatic nitrogens is 4. The molecule has 2 aliphatic heterocycles. The number of halogens is 3. The van der Waals surface area contributed by atoms with E-state index in [0.29, 0.717) is 41.3 Å². The zero-order valence-corrected chi connectivity index (χ0v) is 27.5. The Morgan fingerprint density at radius 3 is 2.79 bits per heavy atom. The maximum Gasteiger partial charge on any atom is 0.293 e. The van der Waals surface area contributed by atoms with Crippen LogP contribution in [0.5, 0.6) is 0 Å². The number of hydrogen-bond donors (Lipinski definition) is 3. The van der Waals surface area contributed by atoms with E-state index < -0.39 is 17.8 Å². The van der Waals surface area contributed by atoms with Crippen molar-refractivity contribution in [1.82, 2.24) is 24.8 Å². The zero-order chi connectivity index (χ0) is 33.4. The maximum absolute atomic E-state index is 15.3. The Morgan fingerprint density at radius 2 is 2.02 bits per heavy atom. The van der Waals surface area contributed by atoms with E-state index in [0.717, 1.165) is 62.5 Å². The molecule has 47 heavy (non-hydrogen) atoms. The topological polar surface area (TPSA) is 93.7 Å². The van der Waals surface area contributed by atoms with E-state index in [-0.39, 0.29) is 24.1 Å². The Morgan fingerprint density at radius 1 is 1.21 bits per heavy atom. The van der Waals surface area contributed by atoms with Crippen molar-refractivity contribution in [3.8, 4) is 11.3 Å². The quantitative estimate of drug-likeness (QED) is 0.117. The van der Waals surface area contributed by atoms with E-state index >= 15 is 13.2 Å². The number of alkyl halides is 2. The second-order valence-corrected chi connectivity index (χ2v) is 12.5. The molecule has 0 bridgehead atoms. The fourth-order valence-corrected chi connectivity index (χ4v) is 6.52. The highest BCUT2D eigenvalue weighted by Crippen LogP contribution is 2.43. The van der Waals surface area contributed by atoms with Crippen LogP contribution in [-0.2, 0) is 12.8 Å². The van der Waals surface area contributed by atoms with E-state index in [9.17, 15) is 0 Å². The first-order valence-electron chi connectivity index (χ1n) is 16.8. The van der Waals surface area contributed by atoms with Gasteiger partial charge in [-0.2, -0.15) is 8.78 Å². The lowest BCUT2D eigenvalue weighted by molar-refractivity contribution is 0.00214. The second-order valence-electron chi connectivity index (χ2n) is 12.5. The van der Waals surface area contributed by atoms with Crippen molar-refractivity contribution in [3.05, 3.63) is 89.5 Å². The van der Waals surface area contributed by atoms with Gasteiger partial charge in [0.1, 0.15) is 17.6 Å². The van der Waals surface area contributed by atoms with Crippen LogP contribution in [0, 0.1) is 5.82 Å². The number of imidazole rings is 1. The molecule has 0 fully saturated rings. The van der Waals surface area contributed by atoms with Crippen molar-refractivity contribution in [2.75, 3.05) is 18.4 Å². The molecule has 5 rings (SSSR count). The van der Waals surface area contributed by atoms with Crippen LogP contribution < -0.4 is 16.4 Å². The van der Waals surface area contributed by atoms with Crippen molar-refractivity contribution >= 4 is 17.0 Å². The summed E-state index contributed by atoms with van der Waals surface area (Å²) in [5.41, 5.74) is 13.3. The van der Waals surface area contributed by atoms with Crippen LogP contribution in [0.3, 0.4) is 0 Å². The van der Waals surface area contributed by atoms with E-state index in [1.54, 1.807) is 16.8 Å². The van der Waals surface area contributed by atoms with Crippen LogP contribution in [-0.4, -0.2) is 44.6 Å². The monoisotopic (exact) mass is 645 g/mol. The predicted molar refractivity (Wildman–Crippen MR) is 184 cm³/mol. The molecular weight excluding hydrogens is 599 g/mol. The van der Waals surface area contributed by atoms with Gasteiger partial charge in [0.25, 0.3) is 5.92 Å². The number of fused-ring (bicyclic) bond motifs is 3. The minimum absolute atomic E-state index is 0.0922. The lowest BCUT2D eigenvalue weighted by atomic mass is 9.98. The number of anilines is 1. The third-order valence-corrected chi connectivity index (χ3v) is 8.98. The SMILES string of the molecule is C=C=CC(F)(F)[C@@H]1CCc2nc3c(CC)cc(-c4nc(NC(C)/C=C\C(=C/N)C/C5=C/CCCCNCCCC5)ncc4F)cc3n21. The van der Waals surface area contributed by atoms with Crippen molar-refractivity contribution in [2.24, 2.45) is 5.73 Å². The molecule has 1 aromatic carbocycles. The van der Waals surface area contributed by atoms with E-state index in [2.05, 4.69) is 39.0 Å². The largest absolute Gasteiger partial charge is 0.404 e. The number of benzene rings is 1. The summed E-state index contributed by atoms with van der Waals surface area (Å²) in [5.74, 6) is -2.90. The van der Waals surface area contributed by atoms with Gasteiger partial charge >= 0.3 is 0 Å². The van der Waals surface area contributed by atoms with Gasteiger partial charge in [0.15, 0.2) is 5.82 Å². The molecule has 4 N–H and O–H groups in total. The standard InChI is InChI=1S/C37H46F3N7/c1-4-17-37(39,40)32-15-16-33-45-35-28(5-2)21-29(22-31(35)47(32)33)34-30(38)24-43-36(46-34)44-25(3)13-14-27(23-41)20-26-11-7-6-9-18-42-19-10-8-12-26/h11,13-14,17,21-25,32,42H,1,5-10,12,15-16,18-20,41H2,2-3H3,(H,43,44,46)/b14-13-,26-11+,27-23+/t25?,32-/m0/s1. The number of hydrogen-bond acceptors (Lipinski definition) is 6. The van der Waals surface area contributed by atoms with Crippen molar-refractivity contribution in [2.45, 2.75) is 96.1 Å². The van der Waals surface area contributed by atoms with Gasteiger partial charge in [-0.05, 0) is 107 Å². The molecule has 250 valence electrons. The van der Waals surface area contributed by atoms with Crippen molar-refractivity contribution < 1.29 is 13.2 Å². The second kappa shape index (κ2) is 15.6. The average Bonchev–Trinajstić information content (AvgIpc) is 3.62. The molecular formula is C37H46F3N7. The van der Waals surface area contributed by atoms with Crippen LogP contribution in [0.25, 0.3) is 22.3 Å². The molecule has 2 atom stereocenters. The van der Waals surface area contributed by atoms with Crippen LogP contribution in [0.2, 0.25) is 0 Å². The first-order valence-corrected chi connectivity index (χ1v) is 16.8. The van der Waals surface area contributed by atoms with Crippen LogP contribution >= 0.6 is 0 Å². The molecule has 2 aliphatic rings. The molecule has 7 nitrogen and oxygen atoms in total. The minimum atomic E-state index is -3.15. The third kappa shape index (κ3) is 8.24. The van der Waals surface area contributed by atoms with Gasteiger partial charge in [0.2, 0.25) is 5.95 Å². The third-order valence-electron chi connectivity index (χ3n) is 8.98. The summed E-state index contributed by atoms with van der Waals surface area (Å²) >= 11 is 0. The summed E-state index contributed by atoms with van der Waals surface area (Å²) in [5, 5.41) is 6.76. The Balaban J connectivity index is 1.35. The Bertz CT molecular complexity index is 1700. The molecule has 2 aromatic heterocycles. The molecule has 0 amide bonds. The summed E-state index contributed by atoms with van der Waals surface area (Å²) in [6.07, 6.45) is 18.8. The van der Waals surface area contributed by atoms with Crippen LogP contribution in [0.4, 0.5) is 19.1 Å². The highest BCUT2D eigenvalue weighted by Gasteiger charge is 2.43. The number of allylic oxidation sites excluding steroid dienone is 5. The normalized spacial score (nSPS) is 19.9. The van der Waals surface area contributed by atoms with Crippen molar-refractivity contribution in [3.63, 3.8) is 0 Å². The zero-order valence-electron chi connectivity index (χ0n) is 27.5. The van der Waals surface area contributed by atoms with E-state index in [4.69, 9.17) is 10.7 Å². The van der Waals surface area contributed by atoms with Gasteiger partial charge in [-0.25, -0.2) is 19.3 Å². The average molecular weight is 646 g/mol. The smallest absolute Gasteiger partial charge is 0.293 e. The molecule has 1 unspecified atom stereocenters. The first-order chi connectivity index (χ1) is 22.7. The Labute approximate surface area is 275 Å². The number of aryl methyl sites for hydroxylation is 2. The van der Waals surface area contributed by atoms with E-state index in [1.165, 1.54) is 18.4 Å². The summed E-state index contributed by atoms with van der Waals surface area (Å²) in [6, 6.07) is 2.25. The summed E-state index contributed by atoms with van der Waals surface area (Å²) in [4.78, 5) is 13.4. The molecule has 0 saturated heterocycles. The molecule has 0 aliphatic carbocycles. The summed E-state index contributed by atoms with van der Waals surface area (Å²) < 4.78 is 47.0. The molecule has 4 heterocycles. The Kier molecular flexibility index (Phi) is 11.4. The number of nitrogens with two attached hydrogens (primary N) is 1. The van der Waals surface area contributed by atoms with Crippen LogP contribution in [0.15, 0.2) is 72.3 Å². The first kappa shape index (κ1) is 34.2.